The fourth-order valence-corrected chi connectivity index (χ4v) is 3.50. The molecule has 0 spiro atoms. The summed E-state index contributed by atoms with van der Waals surface area (Å²) in [5.41, 5.74) is -0.759. The lowest BCUT2D eigenvalue weighted by molar-refractivity contribution is -0.125. The van der Waals surface area contributed by atoms with E-state index in [2.05, 4.69) is 9.97 Å². The van der Waals surface area contributed by atoms with E-state index in [4.69, 9.17) is 16.3 Å². The van der Waals surface area contributed by atoms with Gasteiger partial charge in [-0.15, -0.1) is 0 Å². The highest BCUT2D eigenvalue weighted by Crippen LogP contribution is 2.34. The van der Waals surface area contributed by atoms with Crippen molar-refractivity contribution >= 4 is 29.5 Å². The summed E-state index contributed by atoms with van der Waals surface area (Å²) in [6.07, 6.45) is -10.2. The maximum atomic E-state index is 13.0. The second-order valence-corrected chi connectivity index (χ2v) is 8.23. The van der Waals surface area contributed by atoms with Gasteiger partial charge >= 0.3 is 18.4 Å². The number of carbonyl (C=O) groups is 1. The fourth-order valence-electron chi connectivity index (χ4n) is 2.93. The van der Waals surface area contributed by atoms with E-state index in [-0.39, 0.29) is 17.3 Å². The highest BCUT2D eigenvalue weighted by molar-refractivity contribution is 7.98. The van der Waals surface area contributed by atoms with Gasteiger partial charge in [-0.05, 0) is 38.7 Å². The molecule has 0 bridgehead atoms. The first kappa shape index (κ1) is 26.3. The number of halogens is 7. The number of carbonyl (C=O) groups excluding carboxylic acids is 1. The summed E-state index contributed by atoms with van der Waals surface area (Å²) in [5, 5.41) is 0.597. The van der Waals surface area contributed by atoms with Crippen LogP contribution in [-0.2, 0) is 11.3 Å². The molecule has 0 aliphatic carbocycles. The molecule has 1 aliphatic rings. The molecule has 1 aromatic heterocycles. The van der Waals surface area contributed by atoms with E-state index in [9.17, 15) is 31.1 Å². The van der Waals surface area contributed by atoms with E-state index in [1.54, 1.807) is 13.2 Å². The fraction of sp³-hybridized carbons (Fsp3) is 0.526. The van der Waals surface area contributed by atoms with Crippen molar-refractivity contribution < 1.29 is 35.9 Å². The minimum atomic E-state index is -4.75. The minimum absolute atomic E-state index is 0.152. The lowest BCUT2D eigenvalue weighted by Gasteiger charge is -2.22. The maximum Gasteiger partial charge on any atom is 0.412 e. The average Bonchev–Trinajstić information content (AvgIpc) is 2.94. The number of cyclic esters (lactones) is 1. The van der Waals surface area contributed by atoms with E-state index >= 15 is 0 Å². The van der Waals surface area contributed by atoms with E-state index in [0.29, 0.717) is 23.0 Å². The number of rotatable bonds is 6. The quantitative estimate of drug-likeness (QED) is 0.198. The monoisotopic (exact) mass is 503 g/mol. The van der Waals surface area contributed by atoms with Gasteiger partial charge in [-0.1, -0.05) is 29.4 Å². The van der Waals surface area contributed by atoms with Crippen LogP contribution in [0, 0.1) is 6.92 Å². The lowest BCUT2D eigenvalue weighted by Crippen LogP contribution is -2.34. The van der Waals surface area contributed by atoms with Gasteiger partial charge in [0.05, 0.1) is 35.4 Å². The molecule has 0 saturated carbocycles. The van der Waals surface area contributed by atoms with Gasteiger partial charge in [-0.2, -0.15) is 26.3 Å². The highest BCUT2D eigenvalue weighted by Gasteiger charge is 2.42. The molecule has 1 aliphatic heterocycles. The normalized spacial score (nSPS) is 20.7. The predicted molar refractivity (Wildman–Crippen MR) is 107 cm³/mol. The number of aryl methyl sites for hydroxylation is 1. The van der Waals surface area contributed by atoms with Crippen LogP contribution in [0.15, 0.2) is 28.5 Å². The zero-order valence-electron chi connectivity index (χ0n) is 17.4. The third-order valence-corrected chi connectivity index (χ3v) is 5.73. The molecule has 1 amide bonds. The molecule has 32 heavy (non-hydrogen) atoms. The van der Waals surface area contributed by atoms with E-state index in [1.807, 2.05) is 0 Å². The second kappa shape index (κ2) is 9.90. The van der Waals surface area contributed by atoms with E-state index in [0.717, 1.165) is 11.8 Å². The van der Waals surface area contributed by atoms with Crippen molar-refractivity contribution in [1.29, 1.82) is 0 Å². The van der Waals surface area contributed by atoms with Gasteiger partial charge in [0.15, 0.2) is 5.16 Å². The summed E-state index contributed by atoms with van der Waals surface area (Å²) in [5.74, 6) is 0. The van der Waals surface area contributed by atoms with Gasteiger partial charge in [-0.25, -0.2) is 14.8 Å². The Kier molecular flexibility index (Phi) is 8.14. The van der Waals surface area contributed by atoms with Crippen molar-refractivity contribution in [2.24, 2.45) is 0 Å². The third kappa shape index (κ3) is 6.53. The number of allylic oxidation sites excluding steroid dienone is 2. The highest BCUT2D eigenvalue weighted by atomic mass is 35.5. The second-order valence-electron chi connectivity index (χ2n) is 7.08. The van der Waals surface area contributed by atoms with E-state index < -0.39 is 48.2 Å². The first-order chi connectivity index (χ1) is 14.6. The minimum Gasteiger partial charge on any atom is -0.439 e. The number of hydrogen-bond acceptors (Lipinski definition) is 5. The van der Waals surface area contributed by atoms with Crippen molar-refractivity contribution in [3.63, 3.8) is 0 Å². The number of ether oxygens (including phenoxy) is 1. The Bertz CT molecular complexity index is 933. The molecular weight excluding hydrogens is 484 g/mol. The number of thioether (sulfide) groups is 1. The smallest absolute Gasteiger partial charge is 0.412 e. The Morgan fingerprint density at radius 2 is 1.88 bits per heavy atom. The summed E-state index contributed by atoms with van der Waals surface area (Å²) in [6, 6.07) is -0.886. The molecule has 5 nitrogen and oxygen atoms in total. The maximum absolute atomic E-state index is 13.0. The average molecular weight is 504 g/mol. The SMILES string of the molecule is CSc1nc(C)c(Cl)c(CN2C(=O)O[C@H](C(=C/CC(F)(F)F)/C=C(\C)C(F)(F)F)[C@@H]2C)n1. The Hall–Kier alpha value is -1.95. The van der Waals surface area contributed by atoms with E-state index in [1.165, 1.54) is 18.7 Å². The van der Waals surface area contributed by atoms with Gasteiger partial charge in [0.25, 0.3) is 0 Å². The van der Waals surface area contributed by atoms with Crippen molar-refractivity contribution in [2.45, 2.75) is 63.4 Å². The molecule has 0 unspecified atom stereocenters. The number of alkyl halides is 6. The molecule has 1 aromatic rings. The van der Waals surface area contributed by atoms with Crippen LogP contribution in [-0.4, -0.2) is 51.7 Å². The molecular formula is C19H20ClF6N3O2S. The van der Waals surface area contributed by atoms with Crippen LogP contribution in [0.25, 0.3) is 0 Å². The van der Waals surface area contributed by atoms with Crippen LogP contribution >= 0.6 is 23.4 Å². The standard InChI is InChI=1S/C19H20ClF6N3O2S/c1-9(19(24,25)26)7-12(5-6-18(21,22)23)15-11(3)29(17(30)31-15)8-13-14(20)10(2)27-16(28-13)32-4/h5,7,11,15H,6,8H2,1-4H3/b9-7+,12-5+/t11-,15-/m0/s1. The van der Waals surface area contributed by atoms with Crippen molar-refractivity contribution in [1.82, 2.24) is 14.9 Å². The molecule has 1 saturated heterocycles. The first-order valence-electron chi connectivity index (χ1n) is 9.20. The van der Waals surface area contributed by atoms with Crippen LogP contribution in [0.5, 0.6) is 0 Å². The molecule has 2 atom stereocenters. The Labute approximate surface area is 189 Å². The van der Waals surface area contributed by atoms with Crippen molar-refractivity contribution in [2.75, 3.05) is 6.26 Å². The Balaban J connectivity index is 2.39. The zero-order valence-corrected chi connectivity index (χ0v) is 19.0. The third-order valence-electron chi connectivity index (χ3n) is 4.69. The van der Waals surface area contributed by atoms with Crippen LogP contribution < -0.4 is 0 Å². The van der Waals surface area contributed by atoms with Crippen LogP contribution in [0.2, 0.25) is 5.02 Å². The summed E-state index contributed by atoms with van der Waals surface area (Å²) < 4.78 is 82.3. The first-order valence-corrected chi connectivity index (χ1v) is 10.8. The van der Waals surface area contributed by atoms with Crippen LogP contribution in [0.1, 0.15) is 31.7 Å². The largest absolute Gasteiger partial charge is 0.439 e. The molecule has 0 aromatic carbocycles. The number of hydrogen-bond donors (Lipinski definition) is 0. The summed E-state index contributed by atoms with van der Waals surface area (Å²) in [7, 11) is 0. The summed E-state index contributed by atoms with van der Waals surface area (Å²) >= 11 is 7.47. The molecule has 0 radical (unpaired) electrons. The van der Waals surface area contributed by atoms with Crippen molar-refractivity contribution in [3.8, 4) is 0 Å². The van der Waals surface area contributed by atoms with Gasteiger partial charge in [0, 0.05) is 5.57 Å². The van der Waals surface area contributed by atoms with Crippen LogP contribution in [0.3, 0.4) is 0 Å². The molecule has 0 N–H and O–H groups in total. The lowest BCUT2D eigenvalue weighted by atomic mass is 9.99. The Morgan fingerprint density at radius 3 is 2.41 bits per heavy atom. The summed E-state index contributed by atoms with van der Waals surface area (Å²) in [4.78, 5) is 22.0. The molecule has 178 valence electrons. The van der Waals surface area contributed by atoms with Crippen molar-refractivity contribution in [3.05, 3.63) is 39.7 Å². The number of aromatic nitrogens is 2. The van der Waals surface area contributed by atoms with Gasteiger partial charge in [0.2, 0.25) is 0 Å². The summed E-state index contributed by atoms with van der Waals surface area (Å²) in [6.45, 7) is 3.68. The van der Waals surface area contributed by atoms with Gasteiger partial charge < -0.3 is 4.74 Å². The molecule has 2 rings (SSSR count). The van der Waals surface area contributed by atoms with Crippen LogP contribution in [0.4, 0.5) is 31.1 Å². The zero-order chi connectivity index (χ0) is 24.4. The predicted octanol–water partition coefficient (Wildman–Crippen LogP) is 6.26. The molecule has 2 heterocycles. The van der Waals surface area contributed by atoms with Gasteiger partial charge in [0.1, 0.15) is 6.10 Å². The topological polar surface area (TPSA) is 55.3 Å². The number of nitrogens with zero attached hydrogens (tertiary/aromatic N) is 3. The molecule has 1 fully saturated rings. The Morgan fingerprint density at radius 1 is 1.25 bits per heavy atom. The number of amides is 1. The molecule has 13 heteroatoms. The van der Waals surface area contributed by atoms with Gasteiger partial charge in [-0.3, -0.25) is 4.90 Å².